The van der Waals surface area contributed by atoms with Crippen molar-refractivity contribution in [1.29, 1.82) is 0 Å². The SMILES string of the molecule is O=CC=CS(=O)(=O)O. The topological polar surface area (TPSA) is 71.4 Å². The van der Waals surface area contributed by atoms with Crippen molar-refractivity contribution < 1.29 is 17.8 Å². The first-order valence-corrected chi connectivity index (χ1v) is 3.16. The molecule has 8 heavy (non-hydrogen) atoms. The summed E-state index contributed by atoms with van der Waals surface area (Å²) in [5, 5.41) is 0.403. The fraction of sp³-hybridized carbons (Fsp3) is 0. The molecule has 0 saturated heterocycles. The summed E-state index contributed by atoms with van der Waals surface area (Å²) >= 11 is 0. The number of rotatable bonds is 2. The van der Waals surface area contributed by atoms with Gasteiger partial charge in [-0.15, -0.1) is 0 Å². The van der Waals surface area contributed by atoms with E-state index < -0.39 is 10.1 Å². The molecule has 0 unspecified atom stereocenters. The van der Waals surface area contributed by atoms with E-state index in [1.807, 2.05) is 0 Å². The van der Waals surface area contributed by atoms with Crippen molar-refractivity contribution in [3.63, 3.8) is 0 Å². The maximum atomic E-state index is 9.70. The standard InChI is InChI=1S/C3H4O4S/c4-2-1-3-8(5,6)7/h1-3H,(H,5,6,7). The summed E-state index contributed by atoms with van der Waals surface area (Å²) < 4.78 is 27.3. The monoisotopic (exact) mass is 136 g/mol. The van der Waals surface area contributed by atoms with Gasteiger partial charge in [0.15, 0.2) is 0 Å². The van der Waals surface area contributed by atoms with Crippen molar-refractivity contribution >= 4 is 16.4 Å². The molecule has 0 atom stereocenters. The van der Waals surface area contributed by atoms with Gasteiger partial charge < -0.3 is 0 Å². The summed E-state index contributed by atoms with van der Waals surface area (Å²) in [5.41, 5.74) is 0. The van der Waals surface area contributed by atoms with Gasteiger partial charge in [-0.1, -0.05) is 0 Å². The number of allylic oxidation sites excluding steroid dienone is 1. The van der Waals surface area contributed by atoms with Crippen molar-refractivity contribution in [2.75, 3.05) is 0 Å². The Morgan fingerprint density at radius 3 is 2.00 bits per heavy atom. The predicted octanol–water partition coefficient (Wildman–Crippen LogP) is -0.413. The van der Waals surface area contributed by atoms with Crippen LogP contribution < -0.4 is 0 Å². The smallest absolute Gasteiger partial charge is 0.287 e. The molecule has 0 radical (unpaired) electrons. The lowest BCUT2D eigenvalue weighted by molar-refractivity contribution is -0.104. The molecule has 0 aliphatic heterocycles. The highest BCUT2D eigenvalue weighted by molar-refractivity contribution is 7.88. The second-order valence-corrected chi connectivity index (χ2v) is 2.28. The fourth-order valence-electron chi connectivity index (χ4n) is 0.131. The van der Waals surface area contributed by atoms with Crippen molar-refractivity contribution in [3.05, 3.63) is 11.5 Å². The minimum Gasteiger partial charge on any atom is -0.299 e. The Labute approximate surface area is 46.6 Å². The average Bonchev–Trinajstić information content (AvgIpc) is 1.59. The van der Waals surface area contributed by atoms with E-state index in [1.54, 1.807) is 0 Å². The van der Waals surface area contributed by atoms with Gasteiger partial charge in [-0.05, 0) is 6.08 Å². The van der Waals surface area contributed by atoms with E-state index in [0.29, 0.717) is 11.5 Å². The lowest BCUT2D eigenvalue weighted by Gasteiger charge is -1.76. The summed E-state index contributed by atoms with van der Waals surface area (Å²) in [4.78, 5) is 9.39. The number of carbonyl (C=O) groups excluding carboxylic acids is 1. The van der Waals surface area contributed by atoms with Crippen molar-refractivity contribution in [1.82, 2.24) is 0 Å². The van der Waals surface area contributed by atoms with Crippen LogP contribution in [-0.4, -0.2) is 19.3 Å². The maximum Gasteiger partial charge on any atom is 0.287 e. The maximum absolute atomic E-state index is 9.70. The number of hydrogen-bond acceptors (Lipinski definition) is 3. The van der Waals surface area contributed by atoms with Gasteiger partial charge in [0.05, 0.1) is 5.41 Å². The molecular weight excluding hydrogens is 132 g/mol. The zero-order chi connectivity index (χ0) is 6.62. The second-order valence-electron chi connectivity index (χ2n) is 0.980. The highest BCUT2D eigenvalue weighted by Gasteiger charge is 1.91. The molecular formula is C3H4O4S. The Balaban J connectivity index is 4.12. The number of aldehydes is 1. The minimum atomic E-state index is -4.10. The largest absolute Gasteiger partial charge is 0.299 e. The Bertz CT molecular complexity index is 187. The zero-order valence-corrected chi connectivity index (χ0v) is 4.63. The Morgan fingerprint density at radius 2 is 1.88 bits per heavy atom. The third-order valence-electron chi connectivity index (χ3n) is 0.329. The highest BCUT2D eigenvalue weighted by atomic mass is 32.2. The highest BCUT2D eigenvalue weighted by Crippen LogP contribution is 1.80. The molecule has 0 heterocycles. The van der Waals surface area contributed by atoms with E-state index in [1.165, 1.54) is 0 Å². The van der Waals surface area contributed by atoms with E-state index in [-0.39, 0.29) is 6.29 Å². The molecule has 1 N–H and O–H groups in total. The van der Waals surface area contributed by atoms with Crippen LogP contribution in [0.25, 0.3) is 0 Å². The molecule has 0 spiro atoms. The van der Waals surface area contributed by atoms with Crippen molar-refractivity contribution in [3.8, 4) is 0 Å². The molecule has 0 aliphatic carbocycles. The summed E-state index contributed by atoms with van der Waals surface area (Å²) in [6, 6.07) is 0. The summed E-state index contributed by atoms with van der Waals surface area (Å²) in [6.07, 6.45) is 0.948. The van der Waals surface area contributed by atoms with Crippen LogP contribution in [0.1, 0.15) is 0 Å². The van der Waals surface area contributed by atoms with Crippen LogP contribution in [0.4, 0.5) is 0 Å². The zero-order valence-electron chi connectivity index (χ0n) is 3.81. The first-order valence-electron chi connectivity index (χ1n) is 1.65. The second kappa shape index (κ2) is 2.58. The third kappa shape index (κ3) is 5.32. The summed E-state index contributed by atoms with van der Waals surface area (Å²) in [7, 11) is -4.10. The number of carbonyl (C=O) groups is 1. The molecule has 0 aliphatic rings. The van der Waals surface area contributed by atoms with Gasteiger partial charge in [-0.2, -0.15) is 8.42 Å². The van der Waals surface area contributed by atoms with Gasteiger partial charge in [-0.25, -0.2) is 0 Å². The molecule has 5 heteroatoms. The van der Waals surface area contributed by atoms with E-state index in [2.05, 4.69) is 0 Å². The lowest BCUT2D eigenvalue weighted by atomic mass is 10.7. The van der Waals surface area contributed by atoms with Crippen LogP contribution in [0.5, 0.6) is 0 Å². The van der Waals surface area contributed by atoms with Crippen LogP contribution in [0.3, 0.4) is 0 Å². The quantitative estimate of drug-likeness (QED) is 0.318. The van der Waals surface area contributed by atoms with Gasteiger partial charge in [0, 0.05) is 0 Å². The van der Waals surface area contributed by atoms with Gasteiger partial charge >= 0.3 is 0 Å². The molecule has 0 fully saturated rings. The summed E-state index contributed by atoms with van der Waals surface area (Å²) in [5.74, 6) is 0. The fourth-order valence-corrected chi connectivity index (χ4v) is 0.394. The molecule has 4 nitrogen and oxygen atoms in total. The van der Waals surface area contributed by atoms with Gasteiger partial charge in [0.1, 0.15) is 6.29 Å². The molecule has 0 saturated carbocycles. The van der Waals surface area contributed by atoms with Crippen LogP contribution >= 0.6 is 0 Å². The van der Waals surface area contributed by atoms with Crippen molar-refractivity contribution in [2.45, 2.75) is 0 Å². The normalized spacial score (nSPS) is 12.1. The summed E-state index contributed by atoms with van der Waals surface area (Å²) in [6.45, 7) is 0. The molecule has 0 aromatic rings. The molecule has 0 rings (SSSR count). The Kier molecular flexibility index (Phi) is 2.36. The molecule has 0 amide bonds. The average molecular weight is 136 g/mol. The predicted molar refractivity (Wildman–Crippen MR) is 26.8 cm³/mol. The van der Waals surface area contributed by atoms with Gasteiger partial charge in [0.2, 0.25) is 0 Å². The lowest BCUT2D eigenvalue weighted by Crippen LogP contribution is -1.88. The first-order chi connectivity index (χ1) is 3.56. The van der Waals surface area contributed by atoms with E-state index in [4.69, 9.17) is 4.55 Å². The Hall–Kier alpha value is -0.680. The van der Waals surface area contributed by atoms with Crippen molar-refractivity contribution in [2.24, 2.45) is 0 Å². The molecule has 0 aromatic heterocycles. The molecule has 46 valence electrons. The van der Waals surface area contributed by atoms with Crippen LogP contribution in [0.15, 0.2) is 11.5 Å². The van der Waals surface area contributed by atoms with E-state index >= 15 is 0 Å². The van der Waals surface area contributed by atoms with Gasteiger partial charge in [-0.3, -0.25) is 9.35 Å². The van der Waals surface area contributed by atoms with Crippen LogP contribution in [0.2, 0.25) is 0 Å². The third-order valence-corrected chi connectivity index (χ3v) is 0.830. The van der Waals surface area contributed by atoms with E-state index in [9.17, 15) is 13.2 Å². The molecule has 0 bridgehead atoms. The van der Waals surface area contributed by atoms with Crippen LogP contribution in [0, 0.1) is 0 Å². The number of hydrogen-bond donors (Lipinski definition) is 1. The van der Waals surface area contributed by atoms with E-state index in [0.717, 1.165) is 0 Å². The van der Waals surface area contributed by atoms with Crippen LogP contribution in [-0.2, 0) is 14.9 Å². The first kappa shape index (κ1) is 7.32. The molecule has 0 aromatic carbocycles. The van der Waals surface area contributed by atoms with Gasteiger partial charge in [0.25, 0.3) is 10.1 Å². The minimum absolute atomic E-state index is 0.258. The Morgan fingerprint density at radius 1 is 1.38 bits per heavy atom.